The van der Waals surface area contributed by atoms with Crippen LogP contribution in [0, 0.1) is 0 Å². The van der Waals surface area contributed by atoms with E-state index in [1.54, 1.807) is 48.5 Å². The molecule has 37 heavy (non-hydrogen) atoms. The van der Waals surface area contributed by atoms with Crippen molar-refractivity contribution in [2.24, 2.45) is 10.3 Å². The summed E-state index contributed by atoms with van der Waals surface area (Å²) in [5, 5.41) is 9.54. The van der Waals surface area contributed by atoms with Crippen molar-refractivity contribution in [3.63, 3.8) is 0 Å². The van der Waals surface area contributed by atoms with Crippen molar-refractivity contribution in [3.8, 4) is 0 Å². The number of carbonyl (C=O) groups excluding carboxylic acids is 2. The Morgan fingerprint density at radius 1 is 0.568 bits per heavy atom. The zero-order valence-corrected chi connectivity index (χ0v) is 20.7. The van der Waals surface area contributed by atoms with E-state index in [1.807, 2.05) is 54.6 Å². The fourth-order valence-electron chi connectivity index (χ4n) is 3.99. The number of oxime groups is 2. The Morgan fingerprint density at radius 2 is 0.973 bits per heavy atom. The minimum absolute atomic E-state index is 0.307. The maximum atomic E-state index is 12.7. The van der Waals surface area contributed by atoms with Gasteiger partial charge in [0.15, 0.2) is 0 Å². The van der Waals surface area contributed by atoms with Gasteiger partial charge in [-0.05, 0) is 54.1 Å². The highest BCUT2D eigenvalue weighted by atomic mass is 35.5. The summed E-state index contributed by atoms with van der Waals surface area (Å²) in [5.41, 5.74) is 3.80. The molecule has 0 radical (unpaired) electrons. The molecule has 182 valence electrons. The lowest BCUT2D eigenvalue weighted by atomic mass is 9.93. The summed E-state index contributed by atoms with van der Waals surface area (Å²) in [6, 6.07) is 29.5. The van der Waals surface area contributed by atoms with Crippen LogP contribution >= 0.6 is 23.2 Å². The number of benzene rings is 4. The van der Waals surface area contributed by atoms with E-state index in [1.165, 1.54) is 0 Å². The minimum Gasteiger partial charge on any atom is -0.312 e. The molecule has 0 bridgehead atoms. The summed E-state index contributed by atoms with van der Waals surface area (Å²) in [6.07, 6.45) is 0. The van der Waals surface area contributed by atoms with Gasteiger partial charge in [0.25, 0.3) is 0 Å². The highest BCUT2D eigenvalue weighted by molar-refractivity contribution is 6.33. The average molecular weight is 529 g/mol. The zero-order valence-electron chi connectivity index (χ0n) is 19.2. The summed E-state index contributed by atoms with van der Waals surface area (Å²) >= 11 is 11.8. The van der Waals surface area contributed by atoms with E-state index < -0.39 is 17.9 Å². The number of nitrogens with zero attached hydrogens (tertiary/aromatic N) is 2. The largest absolute Gasteiger partial charge is 0.365 e. The number of rotatable bonds is 5. The lowest BCUT2D eigenvalue weighted by Crippen LogP contribution is -2.17. The van der Waals surface area contributed by atoms with Gasteiger partial charge in [0.1, 0.15) is 11.4 Å². The Hall–Kier alpha value is -4.26. The smallest absolute Gasteiger partial charge is 0.312 e. The van der Waals surface area contributed by atoms with Gasteiger partial charge in [0.2, 0.25) is 0 Å². The summed E-state index contributed by atoms with van der Waals surface area (Å²) < 4.78 is 0. The van der Waals surface area contributed by atoms with E-state index in [0.717, 1.165) is 5.56 Å². The van der Waals surface area contributed by atoms with Gasteiger partial charge >= 0.3 is 11.9 Å². The average Bonchev–Trinajstić information content (AvgIpc) is 3.25. The van der Waals surface area contributed by atoms with Gasteiger partial charge in [-0.2, -0.15) is 0 Å². The fraction of sp³-hybridized carbons (Fsp3) is 0.0345. The molecule has 0 saturated heterocycles. The topological polar surface area (TPSA) is 77.3 Å². The molecular weight excluding hydrogens is 511 g/mol. The number of fused-ring (bicyclic) bond motifs is 1. The van der Waals surface area contributed by atoms with Crippen molar-refractivity contribution in [3.05, 3.63) is 141 Å². The van der Waals surface area contributed by atoms with Gasteiger partial charge in [-0.25, -0.2) is 9.59 Å². The lowest BCUT2D eigenvalue weighted by Gasteiger charge is -2.13. The van der Waals surface area contributed by atoms with Crippen LogP contribution in [-0.2, 0) is 9.68 Å². The second-order valence-electron chi connectivity index (χ2n) is 8.11. The third-order valence-corrected chi connectivity index (χ3v) is 6.28. The van der Waals surface area contributed by atoms with Crippen LogP contribution in [0.5, 0.6) is 0 Å². The Balaban J connectivity index is 1.52. The van der Waals surface area contributed by atoms with Crippen molar-refractivity contribution < 1.29 is 19.3 Å². The first kappa shape index (κ1) is 24.4. The Labute approximate surface area is 222 Å². The standard InChI is InChI=1S/C29H18Cl2N2O4/c30-21-14-10-19(11-15-21)28(34)36-32-26-23-8-4-5-9-24(23)27(25(26)18-6-2-1-3-7-18)33-37-29(35)20-12-16-22(31)17-13-20/h1-17,25H/b32-26-,33-27-. The molecule has 5 rings (SSSR count). The maximum absolute atomic E-state index is 12.7. The van der Waals surface area contributed by atoms with Gasteiger partial charge in [0.05, 0.1) is 17.0 Å². The van der Waals surface area contributed by atoms with E-state index in [0.29, 0.717) is 43.7 Å². The van der Waals surface area contributed by atoms with Crippen LogP contribution in [0.1, 0.15) is 43.3 Å². The van der Waals surface area contributed by atoms with E-state index in [-0.39, 0.29) is 0 Å². The maximum Gasteiger partial charge on any atom is 0.365 e. The molecule has 4 aromatic carbocycles. The third-order valence-electron chi connectivity index (χ3n) is 5.77. The molecule has 1 aliphatic carbocycles. The molecule has 4 aromatic rings. The monoisotopic (exact) mass is 528 g/mol. The highest BCUT2D eigenvalue weighted by Crippen LogP contribution is 2.36. The molecule has 0 spiro atoms. The van der Waals surface area contributed by atoms with Gasteiger partial charge in [-0.3, -0.25) is 0 Å². The minimum atomic E-state index is -0.631. The molecule has 0 unspecified atom stereocenters. The molecular formula is C29H18Cl2N2O4. The number of carbonyl (C=O) groups is 2. The van der Waals surface area contributed by atoms with Crippen LogP contribution in [-0.4, -0.2) is 23.4 Å². The molecule has 0 amide bonds. The van der Waals surface area contributed by atoms with Crippen LogP contribution in [0.2, 0.25) is 10.0 Å². The predicted molar refractivity (Wildman–Crippen MR) is 142 cm³/mol. The number of halogens is 2. The molecule has 0 aliphatic heterocycles. The second-order valence-corrected chi connectivity index (χ2v) is 8.99. The third kappa shape index (κ3) is 5.31. The molecule has 1 aliphatic rings. The summed E-state index contributed by atoms with van der Waals surface area (Å²) in [4.78, 5) is 36.0. The van der Waals surface area contributed by atoms with Gasteiger partial charge < -0.3 is 9.68 Å². The molecule has 0 heterocycles. The first-order valence-electron chi connectivity index (χ1n) is 11.3. The molecule has 0 aromatic heterocycles. The predicted octanol–water partition coefficient (Wildman–Crippen LogP) is 6.91. The van der Waals surface area contributed by atoms with Gasteiger partial charge in [0, 0.05) is 21.2 Å². The van der Waals surface area contributed by atoms with Crippen molar-refractivity contribution in [1.82, 2.24) is 0 Å². The second kappa shape index (κ2) is 10.8. The fourth-order valence-corrected chi connectivity index (χ4v) is 4.25. The highest BCUT2D eigenvalue weighted by Gasteiger charge is 2.37. The normalized spacial score (nSPS) is 15.0. The van der Waals surface area contributed by atoms with Crippen molar-refractivity contribution in [1.29, 1.82) is 0 Å². The molecule has 6 nitrogen and oxygen atoms in total. The van der Waals surface area contributed by atoms with Gasteiger partial charge in [-0.1, -0.05) is 88.1 Å². The SMILES string of the molecule is O=C(O/N=C1/c2ccccc2/C(=N/OC(=O)c2ccc(Cl)cc2)C1c1ccccc1)c1ccc(Cl)cc1. The molecule has 0 saturated carbocycles. The van der Waals surface area contributed by atoms with Gasteiger partial charge in [-0.15, -0.1) is 0 Å². The van der Waals surface area contributed by atoms with E-state index >= 15 is 0 Å². The van der Waals surface area contributed by atoms with Crippen LogP contribution in [0.3, 0.4) is 0 Å². The first-order chi connectivity index (χ1) is 18.0. The molecule has 8 heteroatoms. The Morgan fingerprint density at radius 3 is 1.41 bits per heavy atom. The first-order valence-corrected chi connectivity index (χ1v) is 12.0. The Bertz CT molecular complexity index is 1420. The van der Waals surface area contributed by atoms with Crippen molar-refractivity contribution in [2.75, 3.05) is 0 Å². The molecule has 0 atom stereocenters. The zero-order chi connectivity index (χ0) is 25.8. The number of hydrogen-bond acceptors (Lipinski definition) is 6. The van der Waals surface area contributed by atoms with Crippen LogP contribution in [0.25, 0.3) is 0 Å². The van der Waals surface area contributed by atoms with Crippen molar-refractivity contribution >= 4 is 46.6 Å². The van der Waals surface area contributed by atoms with E-state index in [4.69, 9.17) is 32.9 Å². The summed E-state index contributed by atoms with van der Waals surface area (Å²) in [6.45, 7) is 0. The van der Waals surface area contributed by atoms with Crippen molar-refractivity contribution in [2.45, 2.75) is 5.92 Å². The summed E-state index contributed by atoms with van der Waals surface area (Å²) in [5.74, 6) is -1.81. The van der Waals surface area contributed by atoms with Crippen LogP contribution in [0.4, 0.5) is 0 Å². The molecule has 0 N–H and O–H groups in total. The quantitative estimate of drug-likeness (QED) is 0.208. The van der Waals surface area contributed by atoms with E-state index in [2.05, 4.69) is 10.3 Å². The number of hydrogen-bond donors (Lipinski definition) is 0. The Kier molecular flexibility index (Phi) is 7.12. The van der Waals surface area contributed by atoms with E-state index in [9.17, 15) is 9.59 Å². The lowest BCUT2D eigenvalue weighted by molar-refractivity contribution is 0.0510. The van der Waals surface area contributed by atoms with Crippen LogP contribution < -0.4 is 0 Å². The molecule has 0 fully saturated rings. The summed E-state index contributed by atoms with van der Waals surface area (Å²) in [7, 11) is 0. The van der Waals surface area contributed by atoms with Crippen LogP contribution in [0.15, 0.2) is 113 Å².